The first-order chi connectivity index (χ1) is 17.3. The molecule has 3 aromatic rings. The van der Waals surface area contributed by atoms with E-state index in [1.165, 1.54) is 14.0 Å². The highest BCUT2D eigenvalue weighted by atomic mass is 79.9. The smallest absolute Gasteiger partial charge is 0.328 e. The predicted molar refractivity (Wildman–Crippen MR) is 143 cm³/mol. The maximum Gasteiger partial charge on any atom is 0.328 e. The van der Waals surface area contributed by atoms with Crippen LogP contribution in [0.1, 0.15) is 25.0 Å². The number of halogens is 1. The summed E-state index contributed by atoms with van der Waals surface area (Å²) in [6.45, 7) is 4.07. The zero-order valence-corrected chi connectivity index (χ0v) is 22.4. The molecule has 4 rings (SSSR count). The van der Waals surface area contributed by atoms with Crippen molar-refractivity contribution in [3.05, 3.63) is 75.1 Å². The molecule has 186 valence electrons. The Balaban J connectivity index is 1.61. The van der Waals surface area contributed by atoms with Crippen LogP contribution in [0.4, 0.5) is 4.79 Å². The van der Waals surface area contributed by atoms with Crippen molar-refractivity contribution in [2.75, 3.05) is 13.7 Å². The fourth-order valence-corrected chi connectivity index (χ4v) is 5.37. The van der Waals surface area contributed by atoms with E-state index in [0.717, 1.165) is 33.0 Å². The van der Waals surface area contributed by atoms with Crippen LogP contribution in [-0.2, 0) is 20.9 Å². The highest BCUT2D eigenvalue weighted by molar-refractivity contribution is 9.10. The van der Waals surface area contributed by atoms with Crippen LogP contribution in [0, 0.1) is 0 Å². The number of hydrogen-bond donors (Lipinski definition) is 0. The van der Waals surface area contributed by atoms with Gasteiger partial charge in [0.25, 0.3) is 11.1 Å². The fraction of sp³-hybridized carbons (Fsp3) is 0.222. The SMILES string of the molecule is CCOc1cc(/C=C2/SC(=O)N([C@@H](C)C(=O)OC)C2=O)cc(Br)c1OCc1cccc2ccccc12. The van der Waals surface area contributed by atoms with Gasteiger partial charge in [-0.15, -0.1) is 0 Å². The van der Waals surface area contributed by atoms with Gasteiger partial charge in [0.2, 0.25) is 0 Å². The van der Waals surface area contributed by atoms with Gasteiger partial charge >= 0.3 is 5.97 Å². The van der Waals surface area contributed by atoms with Crippen molar-refractivity contribution < 1.29 is 28.6 Å². The van der Waals surface area contributed by atoms with E-state index in [2.05, 4.69) is 38.9 Å². The van der Waals surface area contributed by atoms with E-state index >= 15 is 0 Å². The van der Waals surface area contributed by atoms with E-state index in [1.54, 1.807) is 18.2 Å². The molecule has 0 aliphatic carbocycles. The van der Waals surface area contributed by atoms with Gasteiger partial charge in [-0.3, -0.25) is 14.5 Å². The first kappa shape index (κ1) is 25.8. The van der Waals surface area contributed by atoms with Crippen LogP contribution in [0.25, 0.3) is 16.8 Å². The summed E-state index contributed by atoms with van der Waals surface area (Å²) in [5.41, 5.74) is 1.68. The van der Waals surface area contributed by atoms with E-state index in [4.69, 9.17) is 9.47 Å². The van der Waals surface area contributed by atoms with Crippen molar-refractivity contribution in [3.8, 4) is 11.5 Å². The van der Waals surface area contributed by atoms with Gasteiger partial charge in [-0.1, -0.05) is 42.5 Å². The lowest BCUT2D eigenvalue weighted by molar-refractivity contribution is -0.148. The van der Waals surface area contributed by atoms with Crippen molar-refractivity contribution in [3.63, 3.8) is 0 Å². The molecule has 9 heteroatoms. The van der Waals surface area contributed by atoms with Crippen LogP contribution in [0.2, 0.25) is 0 Å². The Hall–Kier alpha value is -3.30. The molecule has 36 heavy (non-hydrogen) atoms. The lowest BCUT2D eigenvalue weighted by Gasteiger charge is -2.18. The van der Waals surface area contributed by atoms with Gasteiger partial charge in [0, 0.05) is 0 Å². The number of esters is 1. The first-order valence-electron chi connectivity index (χ1n) is 11.2. The van der Waals surface area contributed by atoms with E-state index in [9.17, 15) is 14.4 Å². The van der Waals surface area contributed by atoms with Gasteiger partial charge in [-0.05, 0) is 81.6 Å². The molecule has 0 spiro atoms. The first-order valence-corrected chi connectivity index (χ1v) is 12.9. The Bertz CT molecular complexity index is 1370. The molecule has 1 fully saturated rings. The molecule has 0 N–H and O–H groups in total. The standard InChI is InChI=1S/C27H24BrNO6S/c1-4-34-22-13-17(14-23-25(30)29(27(32)36-23)16(2)26(31)33-3)12-21(28)24(22)35-15-19-10-7-9-18-8-5-6-11-20(18)19/h5-14,16H,4,15H2,1-3H3/b23-14+/t16-/m0/s1. The molecular weight excluding hydrogens is 546 g/mol. The molecule has 3 aromatic carbocycles. The second-order valence-electron chi connectivity index (χ2n) is 7.94. The molecule has 1 heterocycles. The maximum absolute atomic E-state index is 12.9. The summed E-state index contributed by atoms with van der Waals surface area (Å²) < 4.78 is 17.3. The number of carbonyl (C=O) groups is 3. The molecule has 0 radical (unpaired) electrons. The highest BCUT2D eigenvalue weighted by Crippen LogP contribution is 2.40. The quantitative estimate of drug-likeness (QED) is 0.236. The summed E-state index contributed by atoms with van der Waals surface area (Å²) in [5, 5.41) is 1.72. The van der Waals surface area contributed by atoms with Gasteiger partial charge in [0.15, 0.2) is 11.5 Å². The Morgan fingerprint density at radius 1 is 1.11 bits per heavy atom. The van der Waals surface area contributed by atoms with Crippen molar-refractivity contribution in [2.45, 2.75) is 26.5 Å². The number of benzene rings is 3. The molecule has 2 amide bonds. The summed E-state index contributed by atoms with van der Waals surface area (Å²) in [6, 6.07) is 16.7. The molecule has 1 atom stereocenters. The number of carbonyl (C=O) groups excluding carboxylic acids is 3. The highest BCUT2D eigenvalue weighted by Gasteiger charge is 2.41. The van der Waals surface area contributed by atoms with Crippen LogP contribution < -0.4 is 9.47 Å². The summed E-state index contributed by atoms with van der Waals surface area (Å²) in [5.74, 6) is -0.171. The number of nitrogens with zero attached hydrogens (tertiary/aromatic N) is 1. The Kier molecular flexibility index (Phi) is 8.01. The number of ether oxygens (including phenoxy) is 3. The number of rotatable bonds is 8. The van der Waals surface area contributed by atoms with E-state index < -0.39 is 23.2 Å². The van der Waals surface area contributed by atoms with Crippen LogP contribution in [0.15, 0.2) is 64.0 Å². The number of methoxy groups -OCH3 is 1. The molecule has 0 aromatic heterocycles. The Morgan fingerprint density at radius 3 is 2.61 bits per heavy atom. The fourth-order valence-electron chi connectivity index (χ4n) is 3.88. The average Bonchev–Trinajstić information content (AvgIpc) is 3.15. The van der Waals surface area contributed by atoms with E-state index in [0.29, 0.717) is 34.7 Å². The summed E-state index contributed by atoms with van der Waals surface area (Å²) in [4.78, 5) is 38.2. The molecule has 0 bridgehead atoms. The van der Waals surface area contributed by atoms with Crippen molar-refractivity contribution in [1.82, 2.24) is 4.90 Å². The minimum atomic E-state index is -1.01. The number of imide groups is 1. The third-order valence-electron chi connectivity index (χ3n) is 5.63. The van der Waals surface area contributed by atoms with Crippen LogP contribution >= 0.6 is 27.7 Å². The van der Waals surface area contributed by atoms with Gasteiger partial charge in [-0.2, -0.15) is 0 Å². The van der Waals surface area contributed by atoms with E-state index in [1.807, 2.05) is 31.2 Å². The summed E-state index contributed by atoms with van der Waals surface area (Å²) >= 11 is 4.34. The molecule has 0 saturated carbocycles. The molecule has 7 nitrogen and oxygen atoms in total. The second kappa shape index (κ2) is 11.2. The van der Waals surface area contributed by atoms with Crippen LogP contribution in [0.5, 0.6) is 11.5 Å². The van der Waals surface area contributed by atoms with E-state index in [-0.39, 0.29) is 4.91 Å². The topological polar surface area (TPSA) is 82.1 Å². The zero-order valence-electron chi connectivity index (χ0n) is 19.9. The third-order valence-corrected chi connectivity index (χ3v) is 7.11. The maximum atomic E-state index is 12.9. The van der Waals surface area contributed by atoms with Gasteiger partial charge in [-0.25, -0.2) is 4.79 Å². The van der Waals surface area contributed by atoms with Gasteiger partial charge in [0.05, 0.1) is 23.1 Å². The Morgan fingerprint density at radius 2 is 1.86 bits per heavy atom. The molecule has 1 aliphatic heterocycles. The normalized spacial score (nSPS) is 15.4. The lowest BCUT2D eigenvalue weighted by Crippen LogP contribution is -2.42. The molecule has 1 saturated heterocycles. The van der Waals surface area contributed by atoms with Crippen molar-refractivity contribution in [1.29, 1.82) is 0 Å². The van der Waals surface area contributed by atoms with Gasteiger partial charge < -0.3 is 14.2 Å². The summed E-state index contributed by atoms with van der Waals surface area (Å²) in [7, 11) is 1.21. The van der Waals surface area contributed by atoms with Crippen LogP contribution in [0.3, 0.4) is 0 Å². The van der Waals surface area contributed by atoms with Crippen LogP contribution in [-0.4, -0.2) is 41.8 Å². The van der Waals surface area contributed by atoms with Crippen molar-refractivity contribution >= 4 is 61.7 Å². The van der Waals surface area contributed by atoms with Gasteiger partial charge in [0.1, 0.15) is 12.6 Å². The number of hydrogen-bond acceptors (Lipinski definition) is 7. The largest absolute Gasteiger partial charge is 0.490 e. The average molecular weight is 570 g/mol. The number of fused-ring (bicyclic) bond motifs is 1. The lowest BCUT2D eigenvalue weighted by atomic mass is 10.1. The minimum absolute atomic E-state index is 0.203. The summed E-state index contributed by atoms with van der Waals surface area (Å²) in [6.07, 6.45) is 1.59. The molecule has 0 unspecified atom stereocenters. The minimum Gasteiger partial charge on any atom is -0.490 e. The number of amides is 2. The zero-order chi connectivity index (χ0) is 25.8. The molecular formula is C27H24BrNO6S. The number of thioether (sulfide) groups is 1. The Labute approximate surface area is 221 Å². The monoisotopic (exact) mass is 569 g/mol. The molecule has 1 aliphatic rings. The second-order valence-corrected chi connectivity index (χ2v) is 9.79. The van der Waals surface area contributed by atoms with Crippen molar-refractivity contribution in [2.24, 2.45) is 0 Å². The third kappa shape index (κ3) is 5.27. The predicted octanol–water partition coefficient (Wildman–Crippen LogP) is 6.18.